The van der Waals surface area contributed by atoms with Crippen LogP contribution in [0.4, 0.5) is 5.69 Å². The lowest BCUT2D eigenvalue weighted by molar-refractivity contribution is 0.414. The minimum Gasteiger partial charge on any atom is -0.495 e. The van der Waals surface area contributed by atoms with Crippen molar-refractivity contribution in [2.75, 3.05) is 25.6 Å². The highest BCUT2D eigenvalue weighted by Crippen LogP contribution is 2.32. The molecule has 0 bridgehead atoms. The van der Waals surface area contributed by atoms with Crippen molar-refractivity contribution in [2.24, 2.45) is 0 Å². The lowest BCUT2D eigenvalue weighted by atomic mass is 10.1. The lowest BCUT2D eigenvalue weighted by Gasteiger charge is -2.21. The molecule has 0 aliphatic heterocycles. The van der Waals surface area contributed by atoms with Crippen LogP contribution in [0.1, 0.15) is 11.1 Å². The predicted octanol–water partition coefficient (Wildman–Crippen LogP) is 2.27. The van der Waals surface area contributed by atoms with E-state index in [9.17, 15) is 0 Å². The Morgan fingerprint density at radius 2 is 2.07 bits per heavy atom. The van der Waals surface area contributed by atoms with Crippen molar-refractivity contribution < 1.29 is 4.74 Å². The maximum Gasteiger partial charge on any atom is 0.142 e. The summed E-state index contributed by atoms with van der Waals surface area (Å²) in [7, 11) is 3.54. The summed E-state index contributed by atoms with van der Waals surface area (Å²) in [6.45, 7) is 4.42. The second-order valence-electron chi connectivity index (χ2n) is 3.65. The number of benzene rings is 1. The summed E-state index contributed by atoms with van der Waals surface area (Å²) in [5, 5.41) is 8.67. The zero-order chi connectivity index (χ0) is 11.4. The van der Waals surface area contributed by atoms with Gasteiger partial charge < -0.3 is 9.64 Å². The fourth-order valence-corrected chi connectivity index (χ4v) is 1.75. The van der Waals surface area contributed by atoms with E-state index in [-0.39, 0.29) is 0 Å². The summed E-state index contributed by atoms with van der Waals surface area (Å²) in [5.74, 6) is 0.824. The van der Waals surface area contributed by atoms with E-state index in [1.165, 1.54) is 5.56 Å². The molecule has 80 valence electrons. The van der Waals surface area contributed by atoms with Crippen LogP contribution in [0.2, 0.25) is 0 Å². The van der Waals surface area contributed by atoms with E-state index in [0.717, 1.165) is 17.0 Å². The average molecular weight is 204 g/mol. The van der Waals surface area contributed by atoms with Gasteiger partial charge in [0.1, 0.15) is 12.3 Å². The molecule has 3 nitrogen and oxygen atoms in total. The first kappa shape index (κ1) is 11.4. The van der Waals surface area contributed by atoms with Crippen molar-refractivity contribution >= 4 is 5.69 Å². The Kier molecular flexibility index (Phi) is 3.56. The van der Waals surface area contributed by atoms with Gasteiger partial charge in [-0.15, -0.1) is 0 Å². The van der Waals surface area contributed by atoms with Crippen LogP contribution in [0.15, 0.2) is 12.1 Å². The van der Waals surface area contributed by atoms with Crippen molar-refractivity contribution in [3.8, 4) is 11.8 Å². The Bertz CT molecular complexity index is 393. The van der Waals surface area contributed by atoms with Crippen LogP contribution >= 0.6 is 0 Å². The summed E-state index contributed by atoms with van der Waals surface area (Å²) in [4.78, 5) is 1.90. The molecule has 0 aromatic heterocycles. The van der Waals surface area contributed by atoms with Gasteiger partial charge in [0.25, 0.3) is 0 Å². The molecule has 0 aliphatic rings. The van der Waals surface area contributed by atoms with Crippen LogP contribution < -0.4 is 9.64 Å². The van der Waals surface area contributed by atoms with Gasteiger partial charge in [0, 0.05) is 7.05 Å². The van der Waals surface area contributed by atoms with Gasteiger partial charge in [-0.1, -0.05) is 6.07 Å². The zero-order valence-electron chi connectivity index (χ0n) is 9.66. The molecule has 0 fully saturated rings. The van der Waals surface area contributed by atoms with Crippen molar-refractivity contribution in [3.05, 3.63) is 23.3 Å². The maximum absolute atomic E-state index is 8.67. The Labute approximate surface area is 90.9 Å². The summed E-state index contributed by atoms with van der Waals surface area (Å²) in [6, 6.07) is 6.20. The number of ether oxygens (including phenoxy) is 1. The minimum absolute atomic E-state index is 0.361. The molecule has 0 saturated heterocycles. The molecule has 0 amide bonds. The predicted molar refractivity (Wildman–Crippen MR) is 61.4 cm³/mol. The first-order valence-corrected chi connectivity index (χ1v) is 4.83. The molecule has 1 aromatic carbocycles. The second-order valence-corrected chi connectivity index (χ2v) is 3.65. The molecule has 0 unspecified atom stereocenters. The fraction of sp³-hybridized carbons (Fsp3) is 0.417. The molecule has 0 heterocycles. The Morgan fingerprint density at radius 1 is 1.40 bits per heavy atom. The third-order valence-corrected chi connectivity index (χ3v) is 2.32. The Balaban J connectivity index is 3.21. The molecule has 15 heavy (non-hydrogen) atoms. The molecular weight excluding hydrogens is 188 g/mol. The molecule has 1 rings (SSSR count). The monoisotopic (exact) mass is 204 g/mol. The zero-order valence-corrected chi connectivity index (χ0v) is 9.66. The molecule has 0 radical (unpaired) electrons. The maximum atomic E-state index is 8.67. The summed E-state index contributed by atoms with van der Waals surface area (Å²) >= 11 is 0. The molecule has 0 aliphatic carbocycles. The van der Waals surface area contributed by atoms with Crippen molar-refractivity contribution in [1.29, 1.82) is 5.26 Å². The number of rotatable bonds is 3. The van der Waals surface area contributed by atoms with Gasteiger partial charge in [0.2, 0.25) is 0 Å². The van der Waals surface area contributed by atoms with E-state index in [0.29, 0.717) is 6.54 Å². The molecule has 0 atom stereocenters. The number of methoxy groups -OCH3 is 1. The number of aryl methyl sites for hydroxylation is 2. The van der Waals surface area contributed by atoms with E-state index in [2.05, 4.69) is 12.1 Å². The van der Waals surface area contributed by atoms with Gasteiger partial charge in [0.05, 0.1) is 18.9 Å². The average Bonchev–Trinajstić information content (AvgIpc) is 2.16. The number of hydrogen-bond donors (Lipinski definition) is 0. The number of nitrogens with zero attached hydrogens (tertiary/aromatic N) is 2. The molecule has 1 aromatic rings. The molecule has 0 spiro atoms. The molecule has 0 N–H and O–H groups in total. The normalized spacial score (nSPS) is 9.53. The molecule has 3 heteroatoms. The second kappa shape index (κ2) is 4.70. The summed E-state index contributed by atoms with van der Waals surface area (Å²) < 4.78 is 5.32. The topological polar surface area (TPSA) is 36.3 Å². The third kappa shape index (κ3) is 2.41. The Hall–Kier alpha value is -1.69. The summed E-state index contributed by atoms with van der Waals surface area (Å²) in [5.41, 5.74) is 3.28. The van der Waals surface area contributed by atoms with Crippen LogP contribution in [-0.4, -0.2) is 20.7 Å². The van der Waals surface area contributed by atoms with E-state index < -0.39 is 0 Å². The highest BCUT2D eigenvalue weighted by atomic mass is 16.5. The van der Waals surface area contributed by atoms with Crippen LogP contribution in [-0.2, 0) is 0 Å². The highest BCUT2D eigenvalue weighted by Gasteiger charge is 2.11. The number of nitriles is 1. The first-order valence-electron chi connectivity index (χ1n) is 4.83. The van der Waals surface area contributed by atoms with E-state index in [4.69, 9.17) is 10.00 Å². The lowest BCUT2D eigenvalue weighted by Crippen LogP contribution is -2.19. The Morgan fingerprint density at radius 3 is 2.60 bits per heavy atom. The molecular formula is C12H16N2O. The van der Waals surface area contributed by atoms with Crippen molar-refractivity contribution in [2.45, 2.75) is 13.8 Å². The van der Waals surface area contributed by atoms with Gasteiger partial charge in [-0.2, -0.15) is 5.26 Å². The summed E-state index contributed by atoms with van der Waals surface area (Å²) in [6.07, 6.45) is 0. The van der Waals surface area contributed by atoms with Crippen LogP contribution in [0, 0.1) is 25.2 Å². The van der Waals surface area contributed by atoms with E-state index in [1.54, 1.807) is 7.11 Å². The van der Waals surface area contributed by atoms with E-state index >= 15 is 0 Å². The highest BCUT2D eigenvalue weighted by molar-refractivity contribution is 5.64. The smallest absolute Gasteiger partial charge is 0.142 e. The minimum atomic E-state index is 0.361. The SMILES string of the molecule is COc1cc(C)cc(C)c1N(C)CC#N. The van der Waals surface area contributed by atoms with Crippen molar-refractivity contribution in [3.63, 3.8) is 0 Å². The first-order chi connectivity index (χ1) is 7.10. The van der Waals surface area contributed by atoms with Crippen LogP contribution in [0.25, 0.3) is 0 Å². The van der Waals surface area contributed by atoms with Crippen molar-refractivity contribution in [1.82, 2.24) is 0 Å². The number of anilines is 1. The van der Waals surface area contributed by atoms with Gasteiger partial charge >= 0.3 is 0 Å². The molecule has 0 saturated carbocycles. The van der Waals surface area contributed by atoms with Gasteiger partial charge in [-0.05, 0) is 31.0 Å². The van der Waals surface area contributed by atoms with Gasteiger partial charge in [-0.3, -0.25) is 0 Å². The quantitative estimate of drug-likeness (QED) is 0.709. The van der Waals surface area contributed by atoms with Crippen LogP contribution in [0.3, 0.4) is 0 Å². The van der Waals surface area contributed by atoms with Gasteiger partial charge in [0.15, 0.2) is 0 Å². The largest absolute Gasteiger partial charge is 0.495 e. The standard InChI is InChI=1S/C12H16N2O/c1-9-7-10(2)12(11(8-9)15-4)14(3)6-5-13/h7-8H,6H2,1-4H3. The van der Waals surface area contributed by atoms with E-state index in [1.807, 2.05) is 31.9 Å². The number of hydrogen-bond acceptors (Lipinski definition) is 3. The van der Waals surface area contributed by atoms with Gasteiger partial charge in [-0.25, -0.2) is 0 Å². The third-order valence-electron chi connectivity index (χ3n) is 2.32. The van der Waals surface area contributed by atoms with Crippen LogP contribution in [0.5, 0.6) is 5.75 Å². The fourth-order valence-electron chi connectivity index (χ4n) is 1.75.